The molecule has 0 spiro atoms. The van der Waals surface area contributed by atoms with Crippen LogP contribution in [0.1, 0.15) is 50.7 Å². The first-order chi connectivity index (χ1) is 42.3. The van der Waals surface area contributed by atoms with E-state index in [1.54, 1.807) is 0 Å². The van der Waals surface area contributed by atoms with Gasteiger partial charge in [-0.15, -0.1) is 22.1 Å². The number of hydrogen-bond acceptors (Lipinski definition) is 2. The largest absolute Gasteiger partial charge is 0.656 e. The molecule has 0 radical (unpaired) electrons. The molecule has 0 saturated heterocycles. The number of hydrogen-bond donors (Lipinski definition) is 0. The molecular formula is C82H56N4Pt-2. The van der Waals surface area contributed by atoms with E-state index >= 15 is 0 Å². The van der Waals surface area contributed by atoms with Crippen molar-refractivity contribution in [1.82, 2.24) is 19.9 Å². The Kier molecular flexibility index (Phi) is 12.5. The van der Waals surface area contributed by atoms with Crippen molar-refractivity contribution >= 4 is 86.7 Å². The first-order valence-corrected chi connectivity index (χ1v) is 30.1. The summed E-state index contributed by atoms with van der Waals surface area (Å²) in [5, 5.41) is 13.3. The van der Waals surface area contributed by atoms with E-state index in [0.29, 0.717) is 11.8 Å². The van der Waals surface area contributed by atoms with Crippen LogP contribution in [-0.2, 0) is 21.1 Å². The minimum absolute atomic E-state index is 0. The van der Waals surface area contributed by atoms with Gasteiger partial charge in [0, 0.05) is 43.3 Å². The van der Waals surface area contributed by atoms with Gasteiger partial charge in [0.25, 0.3) is 0 Å². The molecule has 17 rings (SSSR count). The van der Waals surface area contributed by atoms with Crippen LogP contribution < -0.4 is 9.97 Å². The fourth-order valence-corrected chi connectivity index (χ4v) is 13.8. The molecule has 0 fully saturated rings. The minimum Gasteiger partial charge on any atom is -0.656 e. The number of nitrogens with zero attached hydrogens (tertiary/aromatic N) is 4. The first-order valence-electron chi connectivity index (χ1n) is 30.1. The van der Waals surface area contributed by atoms with Crippen molar-refractivity contribution in [3.05, 3.63) is 266 Å². The quantitative estimate of drug-likeness (QED) is 0.166. The van der Waals surface area contributed by atoms with Gasteiger partial charge in [0.1, 0.15) is 0 Å². The molecular weight excluding hydrogens is 1240 g/mol. The van der Waals surface area contributed by atoms with Crippen LogP contribution in [0.25, 0.3) is 176 Å². The van der Waals surface area contributed by atoms with Crippen LogP contribution in [-0.4, -0.2) is 9.97 Å². The topological polar surface area (TPSA) is 54.0 Å². The van der Waals surface area contributed by atoms with Gasteiger partial charge in [-0.3, -0.25) is 0 Å². The summed E-state index contributed by atoms with van der Waals surface area (Å²) in [6, 6.07) is 93.9. The molecule has 87 heavy (non-hydrogen) atoms. The van der Waals surface area contributed by atoms with Gasteiger partial charge in [0.2, 0.25) is 0 Å². The Balaban J connectivity index is 0.00000612. The summed E-state index contributed by atoms with van der Waals surface area (Å²) >= 11 is 0. The molecule has 0 amide bonds. The predicted octanol–water partition coefficient (Wildman–Crippen LogP) is 22.1. The molecule has 8 bridgehead atoms. The first kappa shape index (κ1) is 52.6. The fourth-order valence-electron chi connectivity index (χ4n) is 13.8. The smallest absolute Gasteiger partial charge is 0.0783 e. The summed E-state index contributed by atoms with van der Waals surface area (Å²) in [5.74, 6) is 0.674. The third-order valence-electron chi connectivity index (χ3n) is 18.2. The van der Waals surface area contributed by atoms with Gasteiger partial charge in [-0.05, 0) is 181 Å². The molecule has 1 aliphatic carbocycles. The van der Waals surface area contributed by atoms with E-state index in [2.05, 4.69) is 282 Å². The normalized spacial score (nSPS) is 12.0. The molecule has 2 aliphatic heterocycles. The van der Waals surface area contributed by atoms with Crippen LogP contribution >= 0.6 is 0 Å². The van der Waals surface area contributed by atoms with Crippen molar-refractivity contribution in [2.24, 2.45) is 0 Å². The van der Waals surface area contributed by atoms with Crippen LogP contribution in [0.3, 0.4) is 0 Å². The summed E-state index contributed by atoms with van der Waals surface area (Å²) in [6.07, 6.45) is 0. The molecule has 416 valence electrons. The maximum absolute atomic E-state index is 6.21. The van der Waals surface area contributed by atoms with Crippen molar-refractivity contribution in [3.63, 3.8) is 0 Å². The number of benzene rings is 12. The Morgan fingerprint density at radius 3 is 0.713 bits per heavy atom. The Morgan fingerprint density at radius 1 is 0.253 bits per heavy atom. The average molecular weight is 1290 g/mol. The maximum Gasteiger partial charge on any atom is 0.0783 e. The molecule has 0 N–H and O–H groups in total. The summed E-state index contributed by atoms with van der Waals surface area (Å²) in [5.41, 5.74) is 21.6. The van der Waals surface area contributed by atoms with Gasteiger partial charge >= 0.3 is 0 Å². The third-order valence-corrected chi connectivity index (χ3v) is 18.2. The molecule has 0 saturated carbocycles. The molecule has 2 aromatic heterocycles. The number of rotatable bonds is 6. The van der Waals surface area contributed by atoms with Crippen LogP contribution in [0.2, 0.25) is 0 Å². The minimum atomic E-state index is 0. The molecule has 5 heteroatoms. The summed E-state index contributed by atoms with van der Waals surface area (Å²) in [4.78, 5) is 24.8. The summed E-state index contributed by atoms with van der Waals surface area (Å²) in [6.45, 7) is 9.05. The Bertz CT molecular complexity index is 5160. The van der Waals surface area contributed by atoms with Crippen molar-refractivity contribution < 1.29 is 21.1 Å². The molecule has 3 aliphatic rings. The maximum atomic E-state index is 6.21. The predicted molar refractivity (Wildman–Crippen MR) is 363 cm³/mol. The Hall–Kier alpha value is -9.99. The second-order valence-corrected chi connectivity index (χ2v) is 24.0. The van der Waals surface area contributed by atoms with E-state index < -0.39 is 0 Å². The number of fused-ring (bicyclic) bond motifs is 4. The standard InChI is InChI=1S/C82H56N4.Pt/c1-47(2)49-31-35-53(36-32-49)73-79-67-43-59-27-15-11-23-55(59)39-63(67)75(83-79)71(51-19-7-5-8-20-51)77-65-41-57-25-13-17-29-61(57)45-69(65)81(85-77)74(54-37-33-50(34-38-54)48(3)4)82-70-46-62-30-18-14-26-58(62)42-66(70)78(86-82)72(52-21-9-6-10-22-52)76-64-40-56-24-12-16-28-60(56)44-68(64)80(73)84-76;/h5-48H,1-4H3;/q-2;. The average Bonchev–Trinajstić information content (AvgIpc) is 1.65. The molecule has 4 heterocycles. The van der Waals surface area contributed by atoms with Crippen molar-refractivity contribution in [2.45, 2.75) is 39.5 Å². The Morgan fingerprint density at radius 2 is 0.471 bits per heavy atom. The van der Waals surface area contributed by atoms with E-state index in [4.69, 9.17) is 19.9 Å². The van der Waals surface area contributed by atoms with Crippen molar-refractivity contribution in [2.75, 3.05) is 0 Å². The van der Waals surface area contributed by atoms with Crippen LogP contribution in [0.4, 0.5) is 0 Å². The zero-order valence-corrected chi connectivity index (χ0v) is 50.8. The van der Waals surface area contributed by atoms with E-state index in [9.17, 15) is 0 Å². The zero-order valence-electron chi connectivity index (χ0n) is 48.5. The number of aromatic nitrogens is 4. The third kappa shape index (κ3) is 8.45. The monoisotopic (exact) mass is 1290 g/mol. The van der Waals surface area contributed by atoms with Gasteiger partial charge < -0.3 is 9.97 Å². The van der Waals surface area contributed by atoms with E-state index in [1.807, 2.05) is 0 Å². The van der Waals surface area contributed by atoms with Crippen LogP contribution in [0, 0.1) is 0 Å². The van der Waals surface area contributed by atoms with E-state index in [-0.39, 0.29) is 21.1 Å². The van der Waals surface area contributed by atoms with E-state index in [1.165, 1.54) is 11.1 Å². The summed E-state index contributed by atoms with van der Waals surface area (Å²) < 4.78 is 0. The molecule has 14 aromatic rings. The molecule has 0 atom stereocenters. The van der Waals surface area contributed by atoms with Crippen LogP contribution in [0.5, 0.6) is 0 Å². The second-order valence-electron chi connectivity index (χ2n) is 24.0. The molecule has 4 nitrogen and oxygen atoms in total. The molecule has 12 aromatic carbocycles. The van der Waals surface area contributed by atoms with Crippen LogP contribution in [0.15, 0.2) is 255 Å². The van der Waals surface area contributed by atoms with Crippen molar-refractivity contribution in [3.8, 4) is 89.5 Å². The van der Waals surface area contributed by atoms with Crippen molar-refractivity contribution in [1.29, 1.82) is 0 Å². The van der Waals surface area contributed by atoms with Gasteiger partial charge in [0.05, 0.1) is 22.8 Å². The molecule has 0 unspecified atom stereocenters. The van der Waals surface area contributed by atoms with Gasteiger partial charge in [-0.25, -0.2) is 9.97 Å². The van der Waals surface area contributed by atoms with Gasteiger partial charge in [-0.1, -0.05) is 234 Å². The van der Waals surface area contributed by atoms with Gasteiger partial charge in [-0.2, -0.15) is 0 Å². The Labute approximate surface area is 519 Å². The fraction of sp³-hybridized carbons (Fsp3) is 0.0732. The second kappa shape index (κ2) is 20.6. The van der Waals surface area contributed by atoms with E-state index in [0.717, 1.165) is 176 Å². The SMILES string of the molecule is CC(C)c1ccc(-c2c3nc(c(-c4ccccc4)c4[n-]c(c(-c5ccc(C(C)C)cc5)c5nc(c(-c6ccccc6)c6[n-]c2c2cc7ccccc7cc62)-c2cc6ccccc6cc2-5)c2cc5ccccc5cc42)-c2cc4ccccc4cc2-3)cc1.[Pt]. The van der Waals surface area contributed by atoms with Gasteiger partial charge in [0.15, 0.2) is 0 Å². The zero-order chi connectivity index (χ0) is 57.3. The summed E-state index contributed by atoms with van der Waals surface area (Å²) in [7, 11) is 0.